The van der Waals surface area contributed by atoms with Gasteiger partial charge in [0.15, 0.2) is 0 Å². The highest BCUT2D eigenvalue weighted by Crippen LogP contribution is 1.93. The van der Waals surface area contributed by atoms with Crippen LogP contribution in [0.3, 0.4) is 0 Å². The van der Waals surface area contributed by atoms with E-state index in [1.807, 2.05) is 0 Å². The molecule has 0 saturated carbocycles. The molecule has 0 aromatic heterocycles. The summed E-state index contributed by atoms with van der Waals surface area (Å²) in [5.41, 5.74) is 0. The molecule has 0 radical (unpaired) electrons. The van der Waals surface area contributed by atoms with E-state index in [-0.39, 0.29) is 12.5 Å². The lowest BCUT2D eigenvalue weighted by atomic mass is 10.2. The summed E-state index contributed by atoms with van der Waals surface area (Å²) in [7, 11) is 1.52. The van der Waals surface area contributed by atoms with E-state index in [9.17, 15) is 9.59 Å². The monoisotopic (exact) mass is 230 g/mol. The molecular formula is C10H18N2O4. The van der Waals surface area contributed by atoms with E-state index in [4.69, 9.17) is 9.84 Å². The van der Waals surface area contributed by atoms with E-state index in [0.29, 0.717) is 6.61 Å². The maximum Gasteiger partial charge on any atom is 0.326 e. The van der Waals surface area contributed by atoms with Crippen molar-refractivity contribution in [3.63, 3.8) is 0 Å². The molecule has 2 amide bonds. The smallest absolute Gasteiger partial charge is 0.326 e. The zero-order valence-electron chi connectivity index (χ0n) is 9.53. The van der Waals surface area contributed by atoms with Gasteiger partial charge >= 0.3 is 12.0 Å². The average molecular weight is 230 g/mol. The van der Waals surface area contributed by atoms with Crippen molar-refractivity contribution >= 4 is 12.0 Å². The molecule has 0 aliphatic heterocycles. The molecule has 0 spiro atoms. The molecule has 92 valence electrons. The average Bonchev–Trinajstić information content (AvgIpc) is 2.16. The Morgan fingerprint density at radius 3 is 2.56 bits per heavy atom. The number of carbonyl (C=O) groups is 2. The molecule has 6 heteroatoms. The Balaban J connectivity index is 4.09. The second-order valence-corrected chi connectivity index (χ2v) is 3.39. The maximum atomic E-state index is 11.3. The number of carbonyl (C=O) groups excluding carboxylic acids is 1. The first-order chi connectivity index (χ1) is 7.51. The molecule has 3 N–H and O–H groups in total. The largest absolute Gasteiger partial charge is 0.480 e. The van der Waals surface area contributed by atoms with Crippen LogP contribution in [-0.2, 0) is 9.53 Å². The Labute approximate surface area is 94.7 Å². The van der Waals surface area contributed by atoms with Crippen molar-refractivity contribution < 1.29 is 19.4 Å². The van der Waals surface area contributed by atoms with Crippen molar-refractivity contribution in [2.24, 2.45) is 0 Å². The fraction of sp³-hybridized carbons (Fsp3) is 0.600. The van der Waals surface area contributed by atoms with Crippen LogP contribution in [0.25, 0.3) is 0 Å². The summed E-state index contributed by atoms with van der Waals surface area (Å²) >= 11 is 0. The number of carboxylic acids is 1. The van der Waals surface area contributed by atoms with Crippen molar-refractivity contribution in [3.05, 3.63) is 12.7 Å². The van der Waals surface area contributed by atoms with Crippen LogP contribution in [0.1, 0.15) is 13.3 Å². The maximum absolute atomic E-state index is 11.3. The Kier molecular flexibility index (Phi) is 6.95. The summed E-state index contributed by atoms with van der Waals surface area (Å²) in [6.07, 6.45) is 1.62. The van der Waals surface area contributed by atoms with Crippen molar-refractivity contribution in [2.45, 2.75) is 25.4 Å². The van der Waals surface area contributed by atoms with E-state index in [2.05, 4.69) is 17.2 Å². The standard InChI is InChI=1S/C10H18N2O4/c1-4-5-8(9(13)14)12-10(15)11-7(2)6-16-3/h4,7-8H,1,5-6H2,2-3H3,(H,13,14)(H2,11,12,15). The SMILES string of the molecule is C=CCC(NC(=O)NC(C)COC)C(=O)O. The van der Waals surface area contributed by atoms with Gasteiger partial charge in [0.1, 0.15) is 6.04 Å². The number of rotatable bonds is 7. The molecule has 0 aliphatic rings. The summed E-state index contributed by atoms with van der Waals surface area (Å²) in [5, 5.41) is 13.7. The number of hydrogen-bond donors (Lipinski definition) is 3. The van der Waals surface area contributed by atoms with E-state index in [1.54, 1.807) is 6.92 Å². The minimum Gasteiger partial charge on any atom is -0.480 e. The Morgan fingerprint density at radius 2 is 2.12 bits per heavy atom. The van der Waals surface area contributed by atoms with Gasteiger partial charge < -0.3 is 20.5 Å². The summed E-state index contributed by atoms with van der Waals surface area (Å²) in [6, 6.07) is -1.66. The fourth-order valence-electron chi connectivity index (χ4n) is 1.10. The highest BCUT2D eigenvalue weighted by Gasteiger charge is 2.18. The van der Waals surface area contributed by atoms with Gasteiger partial charge in [-0.2, -0.15) is 0 Å². The number of aliphatic carboxylic acids is 1. The third-order valence-electron chi connectivity index (χ3n) is 1.80. The number of nitrogens with one attached hydrogen (secondary N) is 2. The topological polar surface area (TPSA) is 87.7 Å². The molecule has 0 aliphatic carbocycles. The van der Waals surface area contributed by atoms with Crippen LogP contribution in [0, 0.1) is 0 Å². The molecule has 2 atom stereocenters. The van der Waals surface area contributed by atoms with Gasteiger partial charge in [0.2, 0.25) is 0 Å². The molecule has 0 aromatic carbocycles. The summed E-state index contributed by atoms with van der Waals surface area (Å²) in [5.74, 6) is -1.09. The first-order valence-corrected chi connectivity index (χ1v) is 4.91. The zero-order valence-corrected chi connectivity index (χ0v) is 9.53. The normalized spacial score (nSPS) is 13.6. The van der Waals surface area contributed by atoms with Gasteiger partial charge in [-0.25, -0.2) is 9.59 Å². The highest BCUT2D eigenvalue weighted by molar-refractivity contribution is 5.82. The van der Waals surface area contributed by atoms with Crippen molar-refractivity contribution in [1.29, 1.82) is 0 Å². The minimum atomic E-state index is -1.09. The number of methoxy groups -OCH3 is 1. The van der Waals surface area contributed by atoms with Gasteiger partial charge in [0.25, 0.3) is 0 Å². The highest BCUT2D eigenvalue weighted by atomic mass is 16.5. The fourth-order valence-corrected chi connectivity index (χ4v) is 1.10. The van der Waals surface area contributed by atoms with Crippen molar-refractivity contribution in [2.75, 3.05) is 13.7 Å². The van der Waals surface area contributed by atoms with Crippen LogP contribution in [0.2, 0.25) is 0 Å². The van der Waals surface area contributed by atoms with Gasteiger partial charge in [0.05, 0.1) is 12.6 Å². The van der Waals surface area contributed by atoms with E-state index >= 15 is 0 Å². The van der Waals surface area contributed by atoms with Crippen molar-refractivity contribution in [3.8, 4) is 0 Å². The van der Waals surface area contributed by atoms with Crippen LogP contribution in [0.4, 0.5) is 4.79 Å². The predicted octanol–water partition coefficient (Wildman–Crippen LogP) is 0.350. The van der Waals surface area contributed by atoms with E-state index in [0.717, 1.165) is 0 Å². The number of ether oxygens (including phenoxy) is 1. The second-order valence-electron chi connectivity index (χ2n) is 3.39. The molecule has 0 rings (SSSR count). The number of amides is 2. The molecule has 6 nitrogen and oxygen atoms in total. The summed E-state index contributed by atoms with van der Waals surface area (Å²) in [4.78, 5) is 22.1. The van der Waals surface area contributed by atoms with E-state index in [1.165, 1.54) is 13.2 Å². The van der Waals surface area contributed by atoms with Gasteiger partial charge in [-0.1, -0.05) is 6.08 Å². The Hall–Kier alpha value is -1.56. The summed E-state index contributed by atoms with van der Waals surface area (Å²) in [6.45, 7) is 5.55. The van der Waals surface area contributed by atoms with Crippen LogP contribution < -0.4 is 10.6 Å². The Morgan fingerprint density at radius 1 is 1.50 bits per heavy atom. The third kappa shape index (κ3) is 6.02. The second kappa shape index (κ2) is 7.70. The zero-order chi connectivity index (χ0) is 12.6. The summed E-state index contributed by atoms with van der Waals surface area (Å²) < 4.78 is 4.83. The molecule has 2 unspecified atom stereocenters. The lowest BCUT2D eigenvalue weighted by Gasteiger charge is -2.16. The lowest BCUT2D eigenvalue weighted by molar-refractivity contribution is -0.139. The molecule has 16 heavy (non-hydrogen) atoms. The van der Waals surface area contributed by atoms with Gasteiger partial charge in [0, 0.05) is 7.11 Å². The number of carboxylic acid groups (broad SMARTS) is 1. The van der Waals surface area contributed by atoms with Crippen LogP contribution in [0.15, 0.2) is 12.7 Å². The molecular weight excluding hydrogens is 212 g/mol. The molecule has 0 fully saturated rings. The molecule has 0 saturated heterocycles. The first kappa shape index (κ1) is 14.4. The minimum absolute atomic E-state index is 0.178. The molecule has 0 heterocycles. The first-order valence-electron chi connectivity index (χ1n) is 4.91. The van der Waals surface area contributed by atoms with Gasteiger partial charge in [-0.15, -0.1) is 6.58 Å². The third-order valence-corrected chi connectivity index (χ3v) is 1.80. The number of urea groups is 1. The van der Waals surface area contributed by atoms with Gasteiger partial charge in [-0.3, -0.25) is 0 Å². The number of hydrogen-bond acceptors (Lipinski definition) is 3. The molecule has 0 bridgehead atoms. The Bertz CT molecular complexity index is 255. The van der Waals surface area contributed by atoms with Crippen LogP contribution in [-0.4, -0.2) is 42.9 Å². The van der Waals surface area contributed by atoms with E-state index < -0.39 is 18.0 Å². The predicted molar refractivity (Wildman–Crippen MR) is 59.2 cm³/mol. The van der Waals surface area contributed by atoms with Crippen molar-refractivity contribution in [1.82, 2.24) is 10.6 Å². The van der Waals surface area contributed by atoms with Crippen LogP contribution in [0.5, 0.6) is 0 Å². The molecule has 0 aromatic rings. The van der Waals surface area contributed by atoms with Crippen LogP contribution >= 0.6 is 0 Å². The van der Waals surface area contributed by atoms with Gasteiger partial charge in [-0.05, 0) is 13.3 Å². The lowest BCUT2D eigenvalue weighted by Crippen LogP contribution is -2.49. The quantitative estimate of drug-likeness (QED) is 0.551.